The molecule has 3 aromatic carbocycles. The van der Waals surface area contributed by atoms with Gasteiger partial charge in [-0.25, -0.2) is 4.99 Å². The number of nitriles is 1. The Morgan fingerprint density at radius 3 is 2.53 bits per heavy atom. The lowest BCUT2D eigenvalue weighted by Crippen LogP contribution is -2.37. The summed E-state index contributed by atoms with van der Waals surface area (Å²) in [5.41, 5.74) is 2.00. The molecule has 6 nitrogen and oxygen atoms in total. The Labute approximate surface area is 192 Å². The second kappa shape index (κ2) is 8.23. The summed E-state index contributed by atoms with van der Waals surface area (Å²) >= 11 is 0. The van der Waals surface area contributed by atoms with E-state index in [0.29, 0.717) is 41.4 Å². The first kappa shape index (κ1) is 21.5. The van der Waals surface area contributed by atoms with Gasteiger partial charge in [-0.05, 0) is 60.5 Å². The number of halogens is 3. The maximum Gasteiger partial charge on any atom is 0.416 e. The van der Waals surface area contributed by atoms with Crippen molar-refractivity contribution in [1.29, 1.82) is 5.26 Å². The van der Waals surface area contributed by atoms with Crippen LogP contribution in [-0.4, -0.2) is 24.8 Å². The Hall–Kier alpha value is -4.32. The van der Waals surface area contributed by atoms with E-state index in [4.69, 9.17) is 14.7 Å². The number of hydrogen-bond donors (Lipinski definition) is 0. The number of benzene rings is 3. The third-order valence-corrected chi connectivity index (χ3v) is 5.58. The van der Waals surface area contributed by atoms with Gasteiger partial charge in [0.2, 0.25) is 0 Å². The quantitative estimate of drug-likeness (QED) is 0.500. The van der Waals surface area contributed by atoms with Crippen molar-refractivity contribution in [2.45, 2.75) is 12.6 Å². The molecule has 0 saturated heterocycles. The molecular weight excluding hydrogens is 447 g/mol. The Kier molecular flexibility index (Phi) is 5.21. The number of fused-ring (bicyclic) bond motifs is 2. The molecule has 34 heavy (non-hydrogen) atoms. The summed E-state index contributed by atoms with van der Waals surface area (Å²) in [6, 6.07) is 16.6. The van der Waals surface area contributed by atoms with E-state index in [1.807, 2.05) is 6.07 Å². The number of anilines is 1. The van der Waals surface area contributed by atoms with E-state index in [1.165, 1.54) is 12.1 Å². The molecule has 2 aliphatic heterocycles. The van der Waals surface area contributed by atoms with Gasteiger partial charge in [-0.3, -0.25) is 4.79 Å². The molecular formula is C25H16F3N3O3. The lowest BCUT2D eigenvalue weighted by atomic mass is 9.98. The highest BCUT2D eigenvalue weighted by molar-refractivity contribution is 6.09. The summed E-state index contributed by atoms with van der Waals surface area (Å²) in [6.07, 6.45) is -3.80. The predicted octanol–water partition coefficient (Wildman–Crippen LogP) is 5.69. The SMILES string of the molecule is N#CC1=Nc2ccc(N3CCc4ccc(Oc5ccc(C(F)(F)F)cc5)cc4C3=O)cc2OC1. The Morgan fingerprint density at radius 2 is 1.79 bits per heavy atom. The van der Waals surface area contributed by atoms with Gasteiger partial charge in [0.05, 0.1) is 5.56 Å². The number of alkyl halides is 3. The fourth-order valence-corrected chi connectivity index (χ4v) is 3.87. The van der Waals surface area contributed by atoms with Crippen LogP contribution in [0.1, 0.15) is 21.5 Å². The Bertz CT molecular complexity index is 1360. The van der Waals surface area contributed by atoms with Crippen LogP contribution in [0.2, 0.25) is 0 Å². The highest BCUT2D eigenvalue weighted by Crippen LogP contribution is 2.37. The first-order chi connectivity index (χ1) is 16.3. The van der Waals surface area contributed by atoms with Gasteiger partial charge in [0.15, 0.2) is 5.71 Å². The standard InChI is InChI=1S/C25H16F3N3O3/c26-25(27,28)16-2-6-19(7-3-16)34-20-5-1-15-9-10-31(24(32)21(15)12-20)18-4-8-22-23(11-18)33-14-17(13-29)30-22/h1-8,11-12H,9-10,14H2. The van der Waals surface area contributed by atoms with Crippen LogP contribution >= 0.6 is 0 Å². The van der Waals surface area contributed by atoms with Gasteiger partial charge >= 0.3 is 6.18 Å². The molecule has 0 atom stereocenters. The summed E-state index contributed by atoms with van der Waals surface area (Å²) in [5, 5.41) is 8.99. The summed E-state index contributed by atoms with van der Waals surface area (Å²) in [5.74, 6) is 0.851. The molecule has 5 rings (SSSR count). The Balaban J connectivity index is 1.38. The van der Waals surface area contributed by atoms with Crippen LogP contribution in [0.4, 0.5) is 24.5 Å². The maximum absolute atomic E-state index is 13.3. The van der Waals surface area contributed by atoms with E-state index in [9.17, 15) is 18.0 Å². The third kappa shape index (κ3) is 4.06. The van der Waals surface area contributed by atoms with E-state index >= 15 is 0 Å². The van der Waals surface area contributed by atoms with Crippen molar-refractivity contribution < 1.29 is 27.4 Å². The number of rotatable bonds is 3. The number of aliphatic imine (C=N–C) groups is 1. The van der Waals surface area contributed by atoms with E-state index < -0.39 is 11.7 Å². The van der Waals surface area contributed by atoms with Crippen molar-refractivity contribution in [3.05, 3.63) is 77.4 Å². The van der Waals surface area contributed by atoms with Gasteiger partial charge in [0.1, 0.15) is 35.6 Å². The molecule has 1 amide bonds. The molecule has 3 aromatic rings. The average molecular weight is 463 g/mol. The molecule has 0 N–H and O–H groups in total. The van der Waals surface area contributed by atoms with Gasteiger partial charge < -0.3 is 14.4 Å². The van der Waals surface area contributed by atoms with Gasteiger partial charge in [0, 0.05) is 23.9 Å². The first-order valence-corrected chi connectivity index (χ1v) is 10.4. The van der Waals surface area contributed by atoms with Gasteiger partial charge in [-0.1, -0.05) is 6.07 Å². The van der Waals surface area contributed by atoms with Crippen molar-refractivity contribution in [1.82, 2.24) is 0 Å². The van der Waals surface area contributed by atoms with Crippen LogP contribution in [0.15, 0.2) is 65.7 Å². The van der Waals surface area contributed by atoms with Crippen LogP contribution in [0.5, 0.6) is 17.2 Å². The second-order valence-corrected chi connectivity index (χ2v) is 7.76. The zero-order valence-electron chi connectivity index (χ0n) is 17.6. The predicted molar refractivity (Wildman–Crippen MR) is 118 cm³/mol. The van der Waals surface area contributed by atoms with E-state index in [0.717, 1.165) is 17.7 Å². The molecule has 0 saturated carbocycles. The van der Waals surface area contributed by atoms with Gasteiger partial charge in [0.25, 0.3) is 5.91 Å². The summed E-state index contributed by atoms with van der Waals surface area (Å²) in [7, 11) is 0. The van der Waals surface area contributed by atoms with Crippen LogP contribution in [0, 0.1) is 11.3 Å². The molecule has 2 heterocycles. The molecule has 0 spiro atoms. The maximum atomic E-state index is 13.3. The summed E-state index contributed by atoms with van der Waals surface area (Å²) < 4.78 is 49.6. The summed E-state index contributed by atoms with van der Waals surface area (Å²) in [6.45, 7) is 0.546. The molecule has 0 bridgehead atoms. The number of carbonyl (C=O) groups excluding carboxylic acids is 1. The molecule has 9 heteroatoms. The van der Waals surface area contributed by atoms with Crippen molar-refractivity contribution in [2.75, 3.05) is 18.1 Å². The van der Waals surface area contributed by atoms with Crippen molar-refractivity contribution >= 4 is 23.0 Å². The van der Waals surface area contributed by atoms with Gasteiger partial charge in [-0.2, -0.15) is 18.4 Å². The Morgan fingerprint density at radius 1 is 1.03 bits per heavy atom. The van der Waals surface area contributed by atoms with Gasteiger partial charge in [-0.15, -0.1) is 0 Å². The van der Waals surface area contributed by atoms with Crippen LogP contribution in [-0.2, 0) is 12.6 Å². The van der Waals surface area contributed by atoms with Crippen molar-refractivity contribution in [2.24, 2.45) is 4.99 Å². The van der Waals surface area contributed by atoms with E-state index in [-0.39, 0.29) is 24.0 Å². The largest absolute Gasteiger partial charge is 0.484 e. The smallest absolute Gasteiger partial charge is 0.416 e. The number of carbonyl (C=O) groups is 1. The average Bonchev–Trinajstić information content (AvgIpc) is 2.84. The lowest BCUT2D eigenvalue weighted by Gasteiger charge is -2.29. The van der Waals surface area contributed by atoms with E-state index in [1.54, 1.807) is 41.3 Å². The molecule has 2 aliphatic rings. The molecule has 0 aromatic heterocycles. The van der Waals surface area contributed by atoms with E-state index in [2.05, 4.69) is 4.99 Å². The van der Waals surface area contributed by atoms with Crippen molar-refractivity contribution in [3.63, 3.8) is 0 Å². The zero-order valence-corrected chi connectivity index (χ0v) is 17.6. The number of nitrogens with zero attached hydrogens (tertiary/aromatic N) is 3. The normalized spacial score (nSPS) is 14.9. The van der Waals surface area contributed by atoms with Crippen LogP contribution in [0.25, 0.3) is 0 Å². The first-order valence-electron chi connectivity index (χ1n) is 10.4. The minimum absolute atomic E-state index is 0.0778. The highest BCUT2D eigenvalue weighted by atomic mass is 19.4. The van der Waals surface area contributed by atoms with Crippen LogP contribution < -0.4 is 14.4 Å². The van der Waals surface area contributed by atoms with Crippen LogP contribution in [0.3, 0.4) is 0 Å². The zero-order chi connectivity index (χ0) is 23.9. The number of hydrogen-bond acceptors (Lipinski definition) is 5. The molecule has 0 aliphatic carbocycles. The fraction of sp³-hybridized carbons (Fsp3) is 0.160. The molecule has 0 radical (unpaired) electrons. The fourth-order valence-electron chi connectivity index (χ4n) is 3.87. The second-order valence-electron chi connectivity index (χ2n) is 7.76. The highest BCUT2D eigenvalue weighted by Gasteiger charge is 2.30. The monoisotopic (exact) mass is 463 g/mol. The molecule has 0 unspecified atom stereocenters. The molecule has 0 fully saturated rings. The lowest BCUT2D eigenvalue weighted by molar-refractivity contribution is -0.137. The number of ether oxygens (including phenoxy) is 2. The number of amides is 1. The topological polar surface area (TPSA) is 74.9 Å². The summed E-state index contributed by atoms with van der Waals surface area (Å²) in [4.78, 5) is 19.1. The minimum atomic E-state index is -4.42. The molecule has 170 valence electrons. The third-order valence-electron chi connectivity index (χ3n) is 5.58. The van der Waals surface area contributed by atoms with Crippen molar-refractivity contribution in [3.8, 4) is 23.3 Å². The minimum Gasteiger partial charge on any atom is -0.484 e.